The summed E-state index contributed by atoms with van der Waals surface area (Å²) in [6.07, 6.45) is 3.76. The molecule has 0 unspecified atom stereocenters. The number of amides is 2. The minimum atomic E-state index is -0.586. The van der Waals surface area contributed by atoms with E-state index in [9.17, 15) is 9.59 Å². The second kappa shape index (κ2) is 9.76. The number of hydrogen-bond acceptors (Lipinski definition) is 5. The van der Waals surface area contributed by atoms with Crippen LogP contribution in [0, 0.1) is 0 Å². The highest BCUT2D eigenvalue weighted by Crippen LogP contribution is 2.35. The van der Waals surface area contributed by atoms with E-state index < -0.39 is 11.8 Å². The molecule has 1 heterocycles. The number of carbonyl (C=O) groups excluding carboxylic acids is 2. The van der Waals surface area contributed by atoms with Gasteiger partial charge in [-0.15, -0.1) is 6.58 Å². The van der Waals surface area contributed by atoms with E-state index in [0.29, 0.717) is 40.8 Å². The van der Waals surface area contributed by atoms with E-state index >= 15 is 0 Å². The molecule has 2 aromatic carbocycles. The summed E-state index contributed by atoms with van der Waals surface area (Å²) < 4.78 is 11.2. The van der Waals surface area contributed by atoms with Crippen molar-refractivity contribution in [1.82, 2.24) is 5.32 Å². The fourth-order valence-corrected chi connectivity index (χ4v) is 3.74. The van der Waals surface area contributed by atoms with Gasteiger partial charge in [-0.25, -0.2) is 0 Å². The minimum absolute atomic E-state index is 0.0302. The van der Waals surface area contributed by atoms with E-state index in [-0.39, 0.29) is 10.7 Å². The topological polar surface area (TPSA) is 67.9 Å². The Morgan fingerprint density at radius 3 is 2.65 bits per heavy atom. The van der Waals surface area contributed by atoms with Crippen molar-refractivity contribution < 1.29 is 19.1 Å². The number of benzene rings is 2. The molecule has 1 aliphatic rings. The highest BCUT2D eigenvalue weighted by Gasteiger charge is 2.35. The Morgan fingerprint density at radius 1 is 1.26 bits per heavy atom. The normalized spacial score (nSPS) is 15.1. The predicted octanol–water partition coefficient (Wildman–Crippen LogP) is 4.31. The largest absolute Gasteiger partial charge is 0.493 e. The predicted molar refractivity (Wildman–Crippen MR) is 126 cm³/mol. The molecule has 6 nitrogen and oxygen atoms in total. The molecule has 1 fully saturated rings. The van der Waals surface area contributed by atoms with Gasteiger partial charge in [0.05, 0.1) is 24.4 Å². The van der Waals surface area contributed by atoms with Gasteiger partial charge in [0.1, 0.15) is 5.57 Å². The van der Waals surface area contributed by atoms with E-state index in [1.807, 2.05) is 13.0 Å². The molecule has 8 heteroatoms. The van der Waals surface area contributed by atoms with E-state index in [0.717, 1.165) is 5.56 Å². The second-order valence-corrected chi connectivity index (χ2v) is 7.34. The lowest BCUT2D eigenvalue weighted by molar-refractivity contribution is -0.122. The number of rotatable bonds is 7. The van der Waals surface area contributed by atoms with Gasteiger partial charge in [-0.3, -0.25) is 19.8 Å². The lowest BCUT2D eigenvalue weighted by Crippen LogP contribution is -2.54. The molecule has 3 rings (SSSR count). The first-order valence-corrected chi connectivity index (χ1v) is 10.3. The molecule has 31 heavy (non-hydrogen) atoms. The number of hydrogen-bond donors (Lipinski definition) is 1. The summed E-state index contributed by atoms with van der Waals surface area (Å²) in [5.74, 6) is -0.0567. The summed E-state index contributed by atoms with van der Waals surface area (Å²) in [4.78, 5) is 27.0. The van der Waals surface area contributed by atoms with Crippen molar-refractivity contribution in [1.29, 1.82) is 0 Å². The standard InChI is InChI=1S/C23H21ClN2O4S/c1-4-8-15-11-14(13-19(30-5-2)20(15)29-3)12-16-21(27)25-23(31)26(22(16)28)18-10-7-6-9-17(18)24/h4,6-7,9-13H,1,5,8H2,2-3H3,(H,25,27,31)/b16-12+. The number of ether oxygens (including phenoxy) is 2. The summed E-state index contributed by atoms with van der Waals surface area (Å²) in [7, 11) is 1.56. The van der Waals surface area contributed by atoms with E-state index in [2.05, 4.69) is 11.9 Å². The van der Waals surface area contributed by atoms with Crippen molar-refractivity contribution in [3.8, 4) is 11.5 Å². The number of anilines is 1. The zero-order valence-corrected chi connectivity index (χ0v) is 18.7. The number of carbonyl (C=O) groups is 2. The van der Waals surface area contributed by atoms with Crippen LogP contribution in [0.4, 0.5) is 5.69 Å². The Bertz CT molecular complexity index is 1100. The highest BCUT2D eigenvalue weighted by atomic mass is 35.5. The molecule has 160 valence electrons. The Hall–Kier alpha value is -3.16. The first kappa shape index (κ1) is 22.5. The molecule has 1 N–H and O–H groups in total. The fourth-order valence-electron chi connectivity index (χ4n) is 3.24. The highest BCUT2D eigenvalue weighted by molar-refractivity contribution is 7.80. The van der Waals surface area contributed by atoms with Crippen LogP contribution in [0.3, 0.4) is 0 Å². The average molecular weight is 457 g/mol. The zero-order valence-electron chi connectivity index (χ0n) is 17.1. The van der Waals surface area contributed by atoms with Crippen molar-refractivity contribution in [2.24, 2.45) is 0 Å². The van der Waals surface area contributed by atoms with Gasteiger partial charge in [-0.2, -0.15) is 0 Å². The van der Waals surface area contributed by atoms with Crippen LogP contribution in [-0.2, 0) is 16.0 Å². The van der Waals surface area contributed by atoms with E-state index in [4.69, 9.17) is 33.3 Å². The maximum atomic E-state index is 13.2. The summed E-state index contributed by atoms with van der Waals surface area (Å²) in [6.45, 7) is 6.06. The lowest BCUT2D eigenvalue weighted by Gasteiger charge is -2.29. The van der Waals surface area contributed by atoms with Gasteiger partial charge < -0.3 is 9.47 Å². The van der Waals surface area contributed by atoms with Gasteiger partial charge in [-0.05, 0) is 61.5 Å². The summed E-state index contributed by atoms with van der Waals surface area (Å²) >= 11 is 11.5. The monoisotopic (exact) mass is 456 g/mol. The van der Waals surface area contributed by atoms with Crippen LogP contribution in [-0.4, -0.2) is 30.6 Å². The average Bonchev–Trinajstić information content (AvgIpc) is 2.73. The molecule has 1 saturated heterocycles. The zero-order chi connectivity index (χ0) is 22.5. The number of thiocarbonyl (C=S) groups is 1. The van der Waals surface area contributed by atoms with Crippen LogP contribution >= 0.6 is 23.8 Å². The molecule has 0 spiro atoms. The number of allylic oxidation sites excluding steroid dienone is 1. The first-order valence-electron chi connectivity index (χ1n) is 9.51. The summed E-state index contributed by atoms with van der Waals surface area (Å²) in [6, 6.07) is 10.3. The molecule has 0 aliphatic carbocycles. The maximum absolute atomic E-state index is 13.2. The van der Waals surface area contributed by atoms with Crippen LogP contribution in [0.15, 0.2) is 54.6 Å². The second-order valence-electron chi connectivity index (χ2n) is 6.55. The Balaban J connectivity index is 2.10. The Morgan fingerprint density at radius 2 is 2.00 bits per heavy atom. The van der Waals surface area contributed by atoms with Gasteiger partial charge >= 0.3 is 0 Å². The van der Waals surface area contributed by atoms with Crippen molar-refractivity contribution in [3.63, 3.8) is 0 Å². The molecule has 2 aromatic rings. The van der Waals surface area contributed by atoms with Crippen LogP contribution in [0.2, 0.25) is 5.02 Å². The van der Waals surface area contributed by atoms with Gasteiger partial charge in [0.15, 0.2) is 16.6 Å². The smallest absolute Gasteiger partial charge is 0.270 e. The molecular formula is C23H21ClN2O4S. The molecular weight excluding hydrogens is 436 g/mol. The molecule has 0 atom stereocenters. The summed E-state index contributed by atoms with van der Waals surface area (Å²) in [5.41, 5.74) is 1.73. The van der Waals surface area contributed by atoms with Crippen LogP contribution in [0.1, 0.15) is 18.1 Å². The molecule has 0 radical (unpaired) electrons. The molecule has 0 saturated carbocycles. The van der Waals surface area contributed by atoms with Crippen molar-refractivity contribution >= 4 is 52.5 Å². The van der Waals surface area contributed by atoms with Crippen LogP contribution < -0.4 is 19.7 Å². The third-order valence-electron chi connectivity index (χ3n) is 4.53. The molecule has 0 bridgehead atoms. The van der Waals surface area contributed by atoms with E-state index in [1.54, 1.807) is 43.5 Å². The van der Waals surface area contributed by atoms with Crippen molar-refractivity contribution in [2.75, 3.05) is 18.6 Å². The minimum Gasteiger partial charge on any atom is -0.493 e. The quantitative estimate of drug-likeness (QED) is 0.291. The van der Waals surface area contributed by atoms with Gasteiger partial charge in [-0.1, -0.05) is 29.8 Å². The third kappa shape index (κ3) is 4.62. The SMILES string of the molecule is C=CCc1cc(/C=C2\C(=O)NC(=S)N(c3ccccc3Cl)C2=O)cc(OCC)c1OC. The van der Waals surface area contributed by atoms with Gasteiger partial charge in [0.25, 0.3) is 11.8 Å². The number of halogens is 1. The van der Waals surface area contributed by atoms with Crippen molar-refractivity contribution in [2.45, 2.75) is 13.3 Å². The number of methoxy groups -OCH3 is 1. The molecule has 0 aromatic heterocycles. The lowest BCUT2D eigenvalue weighted by atomic mass is 10.0. The van der Waals surface area contributed by atoms with Gasteiger partial charge in [0.2, 0.25) is 0 Å². The number of nitrogens with zero attached hydrogens (tertiary/aromatic N) is 1. The fraction of sp³-hybridized carbons (Fsp3) is 0.174. The van der Waals surface area contributed by atoms with Crippen LogP contribution in [0.25, 0.3) is 6.08 Å². The Kier molecular flexibility index (Phi) is 7.09. The van der Waals surface area contributed by atoms with E-state index in [1.165, 1.54) is 11.0 Å². The van der Waals surface area contributed by atoms with Crippen LogP contribution in [0.5, 0.6) is 11.5 Å². The molecule has 2 amide bonds. The van der Waals surface area contributed by atoms with Gasteiger partial charge in [0, 0.05) is 5.56 Å². The summed E-state index contributed by atoms with van der Waals surface area (Å²) in [5, 5.41) is 2.86. The molecule has 1 aliphatic heterocycles. The maximum Gasteiger partial charge on any atom is 0.270 e. The van der Waals surface area contributed by atoms with Crippen molar-refractivity contribution in [3.05, 3.63) is 70.8 Å². The first-order chi connectivity index (χ1) is 14.9. The number of nitrogens with one attached hydrogen (secondary N) is 1. The third-order valence-corrected chi connectivity index (χ3v) is 5.13. The Labute approximate surface area is 191 Å². The number of para-hydroxylation sites is 1.